The number of hydrogen-bond donors (Lipinski definition) is 1. The maximum absolute atomic E-state index is 12.0. The van der Waals surface area contributed by atoms with Crippen molar-refractivity contribution >= 4 is 17.7 Å². The quantitative estimate of drug-likeness (QED) is 0.572. The van der Waals surface area contributed by atoms with E-state index in [0.717, 1.165) is 59.9 Å². The summed E-state index contributed by atoms with van der Waals surface area (Å²) in [5.74, 6) is 0.924. The molecule has 3 aromatic rings. The molecule has 1 amide bonds. The highest BCUT2D eigenvalue weighted by atomic mass is 16.2. The van der Waals surface area contributed by atoms with Crippen molar-refractivity contribution in [1.82, 2.24) is 24.6 Å². The van der Waals surface area contributed by atoms with Crippen LogP contribution in [-0.2, 0) is 11.8 Å². The van der Waals surface area contributed by atoms with E-state index in [1.165, 1.54) is 0 Å². The molecular formula is C27H31N7O. The second-order valence-electron chi connectivity index (χ2n) is 9.59. The number of likely N-dealkylation sites (tertiary alicyclic amines) is 1. The molecule has 0 bridgehead atoms. The Hall–Kier alpha value is -3.81. The molecule has 1 saturated heterocycles. The van der Waals surface area contributed by atoms with E-state index in [1.54, 1.807) is 23.3 Å². The molecule has 1 aliphatic carbocycles. The van der Waals surface area contributed by atoms with Gasteiger partial charge in [-0.1, -0.05) is 18.2 Å². The number of carbonyl (C=O) groups excluding carboxylic acids is 1. The summed E-state index contributed by atoms with van der Waals surface area (Å²) in [6.07, 6.45) is 16.4. The maximum atomic E-state index is 12.0. The number of aromatic nitrogens is 4. The molecule has 8 heteroatoms. The third kappa shape index (κ3) is 4.60. The first-order valence-corrected chi connectivity index (χ1v) is 12.1. The molecule has 2 N–H and O–H groups in total. The molecule has 1 spiro atoms. The van der Waals surface area contributed by atoms with Crippen LogP contribution in [0, 0.1) is 0 Å². The highest BCUT2D eigenvalue weighted by molar-refractivity contribution is 6.09. The van der Waals surface area contributed by atoms with Crippen LogP contribution < -0.4 is 5.73 Å². The molecule has 0 atom stereocenters. The zero-order chi connectivity index (χ0) is 24.4. The van der Waals surface area contributed by atoms with Gasteiger partial charge in [0, 0.05) is 79.3 Å². The van der Waals surface area contributed by atoms with Gasteiger partial charge in [0.05, 0.1) is 12.2 Å². The van der Waals surface area contributed by atoms with Crippen LogP contribution in [0.4, 0.5) is 0 Å². The second kappa shape index (κ2) is 9.44. The van der Waals surface area contributed by atoms with Crippen LogP contribution in [0.3, 0.4) is 0 Å². The Kier molecular flexibility index (Phi) is 6.19. The molecule has 8 nitrogen and oxygen atoms in total. The minimum atomic E-state index is 0.0492. The van der Waals surface area contributed by atoms with Crippen LogP contribution in [0.25, 0.3) is 28.1 Å². The second-order valence-corrected chi connectivity index (χ2v) is 9.59. The standard InChI is InChI=1S/C27H31N7O/c1-33-18-23(17-32-33)19-4-3-5-20(12-19)26-30-15-22(16-31-26)21(13-28)14-29-24-6-9-27(10-7-24)11-8-25(35)34(27)2/h3-5,12-18,24H,6-11,28H2,1-2H3/b21-13+,29-14?. The van der Waals surface area contributed by atoms with Crippen molar-refractivity contribution in [1.29, 1.82) is 0 Å². The Balaban J connectivity index is 1.25. The number of carbonyl (C=O) groups is 1. The number of aryl methyl sites for hydroxylation is 1. The SMILES string of the molecule is CN1C(=O)CCC12CCC(N=C/C(=C\N)c1cnc(-c3cccc(-c4cnn(C)c4)c3)nc1)CC2. The monoisotopic (exact) mass is 469 g/mol. The lowest BCUT2D eigenvalue weighted by Crippen LogP contribution is -2.46. The molecule has 3 heterocycles. The van der Waals surface area contributed by atoms with E-state index in [9.17, 15) is 4.79 Å². The van der Waals surface area contributed by atoms with Crippen molar-refractivity contribution in [3.05, 3.63) is 60.8 Å². The Morgan fingerprint density at radius 3 is 2.46 bits per heavy atom. The van der Waals surface area contributed by atoms with Crippen LogP contribution in [0.5, 0.6) is 0 Å². The van der Waals surface area contributed by atoms with Gasteiger partial charge in [0.2, 0.25) is 5.91 Å². The third-order valence-corrected chi connectivity index (χ3v) is 7.52. The van der Waals surface area contributed by atoms with Gasteiger partial charge in [0.15, 0.2) is 5.82 Å². The molecule has 1 saturated carbocycles. The first kappa shape index (κ1) is 23.0. The number of hydrogen-bond acceptors (Lipinski definition) is 6. The van der Waals surface area contributed by atoms with Crippen LogP contribution in [0.15, 0.2) is 60.2 Å². The van der Waals surface area contributed by atoms with Crippen molar-refractivity contribution in [3.8, 4) is 22.5 Å². The van der Waals surface area contributed by atoms with Gasteiger partial charge in [0.25, 0.3) is 0 Å². The van der Waals surface area contributed by atoms with Gasteiger partial charge < -0.3 is 10.6 Å². The van der Waals surface area contributed by atoms with Crippen LogP contribution in [0.2, 0.25) is 0 Å². The summed E-state index contributed by atoms with van der Waals surface area (Å²) in [5.41, 5.74) is 10.7. The first-order valence-electron chi connectivity index (χ1n) is 12.1. The largest absolute Gasteiger partial charge is 0.404 e. The fourth-order valence-electron chi connectivity index (χ4n) is 5.25. The topological polar surface area (TPSA) is 102 Å². The van der Waals surface area contributed by atoms with Crippen LogP contribution in [0.1, 0.15) is 44.1 Å². The fourth-order valence-corrected chi connectivity index (χ4v) is 5.25. The molecule has 2 fully saturated rings. The lowest BCUT2D eigenvalue weighted by Gasteiger charge is -2.41. The van der Waals surface area contributed by atoms with E-state index in [0.29, 0.717) is 12.2 Å². The lowest BCUT2D eigenvalue weighted by molar-refractivity contribution is -0.130. The summed E-state index contributed by atoms with van der Waals surface area (Å²) in [7, 11) is 3.86. The highest BCUT2D eigenvalue weighted by Gasteiger charge is 2.44. The Morgan fingerprint density at radius 2 is 1.83 bits per heavy atom. The third-order valence-electron chi connectivity index (χ3n) is 7.52. The highest BCUT2D eigenvalue weighted by Crippen LogP contribution is 2.42. The summed E-state index contributed by atoms with van der Waals surface area (Å²) in [4.78, 5) is 28.0. The molecular weight excluding hydrogens is 438 g/mol. The van der Waals surface area contributed by atoms with E-state index >= 15 is 0 Å². The Bertz CT molecular complexity index is 1270. The molecule has 180 valence electrons. The zero-order valence-corrected chi connectivity index (χ0v) is 20.3. The van der Waals surface area contributed by atoms with E-state index in [2.05, 4.69) is 27.2 Å². The summed E-state index contributed by atoms with van der Waals surface area (Å²) in [6.45, 7) is 0. The molecule has 35 heavy (non-hydrogen) atoms. The minimum absolute atomic E-state index is 0.0492. The molecule has 2 aliphatic rings. The molecule has 1 aliphatic heterocycles. The van der Waals surface area contributed by atoms with Gasteiger partial charge in [-0.3, -0.25) is 14.5 Å². The van der Waals surface area contributed by atoms with Crippen molar-refractivity contribution in [3.63, 3.8) is 0 Å². The number of nitrogens with two attached hydrogens (primary N) is 1. The van der Waals surface area contributed by atoms with Crippen molar-refractivity contribution < 1.29 is 4.79 Å². The van der Waals surface area contributed by atoms with E-state index in [4.69, 9.17) is 10.7 Å². The number of benzene rings is 1. The molecule has 2 aromatic heterocycles. The average Bonchev–Trinajstić information content (AvgIpc) is 3.45. The van der Waals surface area contributed by atoms with Crippen LogP contribution >= 0.6 is 0 Å². The lowest BCUT2D eigenvalue weighted by atomic mass is 9.78. The number of aliphatic imine (C=N–C) groups is 1. The van der Waals surface area contributed by atoms with Crippen molar-refractivity contribution in [2.24, 2.45) is 17.8 Å². The molecule has 5 rings (SSSR count). The van der Waals surface area contributed by atoms with E-state index < -0.39 is 0 Å². The zero-order valence-electron chi connectivity index (χ0n) is 20.3. The van der Waals surface area contributed by atoms with Gasteiger partial charge in [0.1, 0.15) is 0 Å². The van der Waals surface area contributed by atoms with Gasteiger partial charge in [-0.25, -0.2) is 9.97 Å². The summed E-state index contributed by atoms with van der Waals surface area (Å²) in [6, 6.07) is 8.37. The fraction of sp³-hybridized carbons (Fsp3) is 0.370. The van der Waals surface area contributed by atoms with Gasteiger partial charge in [-0.05, 0) is 43.7 Å². The van der Waals surface area contributed by atoms with Crippen LogP contribution in [-0.4, -0.2) is 55.4 Å². The number of nitrogens with zero attached hydrogens (tertiary/aromatic N) is 6. The van der Waals surface area contributed by atoms with E-state index in [1.807, 2.05) is 49.7 Å². The first-order chi connectivity index (χ1) is 17.0. The average molecular weight is 470 g/mol. The summed E-state index contributed by atoms with van der Waals surface area (Å²) < 4.78 is 1.79. The maximum Gasteiger partial charge on any atom is 0.222 e. The number of allylic oxidation sites excluding steroid dienone is 1. The Morgan fingerprint density at radius 1 is 1.09 bits per heavy atom. The molecule has 0 radical (unpaired) electrons. The van der Waals surface area contributed by atoms with Gasteiger partial charge in [-0.15, -0.1) is 0 Å². The predicted octanol–water partition coefficient (Wildman–Crippen LogP) is 3.85. The van der Waals surface area contributed by atoms with Crippen molar-refractivity contribution in [2.75, 3.05) is 7.05 Å². The predicted molar refractivity (Wildman–Crippen MR) is 137 cm³/mol. The molecule has 0 unspecified atom stereocenters. The van der Waals surface area contributed by atoms with E-state index in [-0.39, 0.29) is 17.5 Å². The molecule has 1 aromatic carbocycles. The summed E-state index contributed by atoms with van der Waals surface area (Å²) >= 11 is 0. The summed E-state index contributed by atoms with van der Waals surface area (Å²) in [5, 5.41) is 4.25. The van der Waals surface area contributed by atoms with Crippen molar-refractivity contribution in [2.45, 2.75) is 50.1 Å². The Labute approximate surface area is 205 Å². The smallest absolute Gasteiger partial charge is 0.222 e. The number of amides is 1. The normalized spacial score (nSPS) is 23.0. The minimum Gasteiger partial charge on any atom is -0.404 e. The van der Waals surface area contributed by atoms with Gasteiger partial charge >= 0.3 is 0 Å². The number of rotatable bonds is 5. The van der Waals surface area contributed by atoms with Gasteiger partial charge in [-0.2, -0.15) is 5.10 Å².